The predicted octanol–water partition coefficient (Wildman–Crippen LogP) is 4.96. The van der Waals surface area contributed by atoms with Crippen LogP contribution in [0.5, 0.6) is 5.75 Å². The molecule has 5 rings (SSSR count). The molecule has 0 aromatic heterocycles. The van der Waals surface area contributed by atoms with Crippen molar-refractivity contribution in [3.05, 3.63) is 42.0 Å². The molecule has 4 aliphatic rings. The van der Waals surface area contributed by atoms with Gasteiger partial charge in [-0.05, 0) is 91.4 Å². The lowest BCUT2D eigenvalue weighted by atomic mass is 9.47. The first kappa shape index (κ1) is 23.4. The Kier molecular flexibility index (Phi) is 6.02. The summed E-state index contributed by atoms with van der Waals surface area (Å²) in [7, 11) is 3.65. The summed E-state index contributed by atoms with van der Waals surface area (Å²) in [5, 5.41) is 3.16. The fourth-order valence-electron chi connectivity index (χ4n) is 8.42. The van der Waals surface area contributed by atoms with Crippen molar-refractivity contribution in [3.8, 4) is 5.75 Å². The molecule has 0 saturated heterocycles. The zero-order chi connectivity index (χ0) is 24.1. The number of likely N-dealkylation sites (N-methyl/N-ethyl adjacent to an activating group) is 1. The van der Waals surface area contributed by atoms with Crippen LogP contribution in [0.4, 0.5) is 0 Å². The lowest BCUT2D eigenvalue weighted by molar-refractivity contribution is -0.139. The van der Waals surface area contributed by atoms with E-state index >= 15 is 0 Å². The summed E-state index contributed by atoms with van der Waals surface area (Å²) in [4.78, 5) is 27.2. The Balaban J connectivity index is 1.24. The van der Waals surface area contributed by atoms with Crippen LogP contribution in [0.15, 0.2) is 36.4 Å². The number of rotatable bonds is 5. The van der Waals surface area contributed by atoms with Gasteiger partial charge in [-0.15, -0.1) is 0 Å². The van der Waals surface area contributed by atoms with Gasteiger partial charge >= 0.3 is 0 Å². The second-order valence-electron chi connectivity index (χ2n) is 11.8. The van der Waals surface area contributed by atoms with Crippen molar-refractivity contribution in [2.24, 2.45) is 34.5 Å². The van der Waals surface area contributed by atoms with Crippen molar-refractivity contribution in [1.29, 1.82) is 0 Å². The summed E-state index contributed by atoms with van der Waals surface area (Å²) < 4.78 is 5.22. The van der Waals surface area contributed by atoms with Crippen LogP contribution in [-0.4, -0.2) is 36.9 Å². The van der Waals surface area contributed by atoms with Gasteiger partial charge in [-0.25, -0.2) is 0 Å². The van der Waals surface area contributed by atoms with E-state index in [0.717, 1.165) is 24.2 Å². The number of hydrogen-bond acceptors (Lipinski definition) is 3. The SMILES string of the molecule is COc1ccc(CNC(=O)C[C@H]2CCC3C4CCC5N(C)C(=O)C=C[C@]5(C)C4CC[C@@]32C)cc1. The van der Waals surface area contributed by atoms with Crippen LogP contribution < -0.4 is 10.1 Å². The number of amides is 2. The summed E-state index contributed by atoms with van der Waals surface area (Å²) >= 11 is 0. The van der Waals surface area contributed by atoms with Crippen LogP contribution >= 0.6 is 0 Å². The summed E-state index contributed by atoms with van der Waals surface area (Å²) in [5.74, 6) is 3.67. The largest absolute Gasteiger partial charge is 0.497 e. The molecule has 1 aliphatic heterocycles. The minimum Gasteiger partial charge on any atom is -0.497 e. The first-order valence-electron chi connectivity index (χ1n) is 13.1. The maximum atomic E-state index is 12.9. The van der Waals surface area contributed by atoms with Crippen molar-refractivity contribution in [2.75, 3.05) is 14.2 Å². The molecule has 5 nitrogen and oxygen atoms in total. The third kappa shape index (κ3) is 3.76. The Morgan fingerprint density at radius 1 is 1.09 bits per heavy atom. The van der Waals surface area contributed by atoms with Crippen molar-refractivity contribution in [3.63, 3.8) is 0 Å². The van der Waals surface area contributed by atoms with E-state index in [0.29, 0.717) is 42.7 Å². The third-order valence-electron chi connectivity index (χ3n) is 10.4. The third-order valence-corrected chi connectivity index (χ3v) is 10.4. The van der Waals surface area contributed by atoms with Crippen LogP contribution in [0.1, 0.15) is 64.4 Å². The van der Waals surface area contributed by atoms with Gasteiger partial charge in [-0.3, -0.25) is 9.59 Å². The van der Waals surface area contributed by atoms with Crippen LogP contribution in [0, 0.1) is 34.5 Å². The molecule has 7 atom stereocenters. The highest BCUT2D eigenvalue weighted by Gasteiger charge is 2.60. The molecule has 1 aromatic rings. The molecule has 0 radical (unpaired) electrons. The van der Waals surface area contributed by atoms with E-state index in [-0.39, 0.29) is 22.6 Å². The van der Waals surface area contributed by atoms with E-state index in [9.17, 15) is 9.59 Å². The van der Waals surface area contributed by atoms with E-state index in [2.05, 4.69) is 25.2 Å². The maximum Gasteiger partial charge on any atom is 0.246 e. The lowest BCUT2D eigenvalue weighted by Gasteiger charge is -2.60. The van der Waals surface area contributed by atoms with E-state index < -0.39 is 0 Å². The van der Waals surface area contributed by atoms with Crippen molar-refractivity contribution < 1.29 is 14.3 Å². The highest BCUT2D eigenvalue weighted by molar-refractivity contribution is 5.89. The van der Waals surface area contributed by atoms with Crippen molar-refractivity contribution in [1.82, 2.24) is 10.2 Å². The number of carbonyl (C=O) groups excluding carboxylic acids is 2. The molecular formula is C29H40N2O3. The first-order valence-corrected chi connectivity index (χ1v) is 13.1. The average molecular weight is 465 g/mol. The summed E-state index contributed by atoms with van der Waals surface area (Å²) in [6.45, 7) is 5.44. The highest BCUT2D eigenvalue weighted by atomic mass is 16.5. The number of methoxy groups -OCH3 is 1. The Hall–Kier alpha value is -2.30. The van der Waals surface area contributed by atoms with Crippen LogP contribution in [-0.2, 0) is 16.1 Å². The van der Waals surface area contributed by atoms with E-state index in [1.807, 2.05) is 42.3 Å². The predicted molar refractivity (Wildman–Crippen MR) is 133 cm³/mol. The number of carbonyl (C=O) groups is 2. The average Bonchev–Trinajstić information content (AvgIpc) is 3.17. The molecule has 3 aliphatic carbocycles. The van der Waals surface area contributed by atoms with Gasteiger partial charge in [0.25, 0.3) is 0 Å². The van der Waals surface area contributed by atoms with Gasteiger partial charge in [0, 0.05) is 31.5 Å². The zero-order valence-corrected chi connectivity index (χ0v) is 21.2. The number of ether oxygens (including phenoxy) is 1. The molecule has 4 unspecified atom stereocenters. The van der Waals surface area contributed by atoms with Crippen molar-refractivity contribution >= 4 is 11.8 Å². The normalized spacial score (nSPS) is 38.6. The molecule has 1 heterocycles. The monoisotopic (exact) mass is 464 g/mol. The van der Waals surface area contributed by atoms with Gasteiger partial charge in [0.15, 0.2) is 0 Å². The Morgan fingerprint density at radius 2 is 1.85 bits per heavy atom. The van der Waals surface area contributed by atoms with E-state index in [1.165, 1.54) is 25.7 Å². The smallest absolute Gasteiger partial charge is 0.246 e. The minimum atomic E-state index is 0.0841. The van der Waals surface area contributed by atoms with Gasteiger partial charge in [-0.1, -0.05) is 32.1 Å². The first-order chi connectivity index (χ1) is 16.3. The zero-order valence-electron chi connectivity index (χ0n) is 21.2. The Bertz CT molecular complexity index is 972. The number of nitrogens with zero attached hydrogens (tertiary/aromatic N) is 1. The quantitative estimate of drug-likeness (QED) is 0.670. The molecule has 1 N–H and O–H groups in total. The van der Waals surface area contributed by atoms with E-state index in [1.54, 1.807) is 7.11 Å². The molecule has 3 fully saturated rings. The maximum absolute atomic E-state index is 12.9. The molecule has 2 amide bonds. The van der Waals surface area contributed by atoms with Gasteiger partial charge in [0.1, 0.15) is 5.75 Å². The van der Waals surface area contributed by atoms with E-state index in [4.69, 9.17) is 4.74 Å². The molecule has 184 valence electrons. The van der Waals surface area contributed by atoms with Crippen molar-refractivity contribution in [2.45, 2.75) is 71.4 Å². The van der Waals surface area contributed by atoms with Gasteiger partial charge in [0.05, 0.1) is 7.11 Å². The fraction of sp³-hybridized carbons (Fsp3) is 0.655. The molecular weight excluding hydrogens is 424 g/mol. The van der Waals surface area contributed by atoms with Crippen LogP contribution in [0.3, 0.4) is 0 Å². The minimum absolute atomic E-state index is 0.0841. The summed E-state index contributed by atoms with van der Waals surface area (Å²) in [6, 6.07) is 8.22. The molecule has 5 heteroatoms. The Labute approximate surface area is 204 Å². The van der Waals surface area contributed by atoms with Gasteiger partial charge in [0.2, 0.25) is 11.8 Å². The molecule has 0 bridgehead atoms. The second kappa shape index (κ2) is 8.73. The topological polar surface area (TPSA) is 58.6 Å². The second-order valence-corrected chi connectivity index (χ2v) is 11.8. The van der Waals surface area contributed by atoms with Crippen LogP contribution in [0.25, 0.3) is 0 Å². The molecule has 1 aromatic carbocycles. The highest BCUT2D eigenvalue weighted by Crippen LogP contribution is 2.65. The number of benzene rings is 1. The molecule has 34 heavy (non-hydrogen) atoms. The van der Waals surface area contributed by atoms with Gasteiger partial charge in [-0.2, -0.15) is 0 Å². The number of hydrogen-bond donors (Lipinski definition) is 1. The fourth-order valence-corrected chi connectivity index (χ4v) is 8.42. The standard InChI is InChI=1S/C29H40N2O3/c1-28-15-13-24-22(10-12-25-29(24,2)16-14-27(33)31(25)3)23(28)11-7-20(28)17-26(32)30-18-19-5-8-21(34-4)9-6-19/h5-6,8-9,14,16,20,22-25H,7,10-13,15,17-18H2,1-4H3,(H,30,32)/t20-,22?,23?,24?,25?,28-,29-/m1/s1. The van der Waals surface area contributed by atoms with Gasteiger partial charge < -0.3 is 15.0 Å². The summed E-state index contributed by atoms with van der Waals surface area (Å²) in [5.41, 5.74) is 1.43. The lowest BCUT2D eigenvalue weighted by Crippen LogP contribution is -2.59. The number of nitrogens with one attached hydrogen (secondary N) is 1. The molecule has 0 spiro atoms. The summed E-state index contributed by atoms with van der Waals surface area (Å²) in [6.07, 6.45) is 11.8. The molecule has 3 saturated carbocycles. The number of fused-ring (bicyclic) bond motifs is 5. The van der Waals surface area contributed by atoms with Crippen LogP contribution in [0.2, 0.25) is 0 Å². The Morgan fingerprint density at radius 3 is 2.59 bits per heavy atom.